The summed E-state index contributed by atoms with van der Waals surface area (Å²) in [5.74, 6) is -0.514. The lowest BCUT2D eigenvalue weighted by Crippen LogP contribution is -1.97. The standard InChI is InChI=1S/C10H8N2O3/c1-15-8-2-3-9(7(5-11)6-13)10(4-8)12-14/h2-4,6-7H,1H3. The van der Waals surface area contributed by atoms with Crippen LogP contribution in [0.5, 0.6) is 5.75 Å². The highest BCUT2D eigenvalue weighted by Gasteiger charge is 2.15. The van der Waals surface area contributed by atoms with Gasteiger partial charge in [-0.15, -0.1) is 4.91 Å². The van der Waals surface area contributed by atoms with Crippen molar-refractivity contribution in [1.29, 1.82) is 5.26 Å². The molecule has 1 atom stereocenters. The zero-order valence-electron chi connectivity index (χ0n) is 8.01. The van der Waals surface area contributed by atoms with E-state index in [-0.39, 0.29) is 5.69 Å². The SMILES string of the molecule is COc1ccc(C(C#N)C=O)c(N=O)c1. The summed E-state index contributed by atoms with van der Waals surface area (Å²) in [5.41, 5.74) is 0.344. The fourth-order valence-corrected chi connectivity index (χ4v) is 1.17. The van der Waals surface area contributed by atoms with E-state index >= 15 is 0 Å². The lowest BCUT2D eigenvalue weighted by atomic mass is 10.0. The Labute approximate surface area is 86.3 Å². The van der Waals surface area contributed by atoms with Gasteiger partial charge in [-0.3, -0.25) is 0 Å². The Kier molecular flexibility index (Phi) is 3.52. The maximum Gasteiger partial charge on any atom is 0.141 e. The summed E-state index contributed by atoms with van der Waals surface area (Å²) in [7, 11) is 1.45. The van der Waals surface area contributed by atoms with Crippen LogP contribution in [0.15, 0.2) is 23.4 Å². The fraction of sp³-hybridized carbons (Fsp3) is 0.200. The molecule has 76 valence electrons. The number of nitriles is 1. The first-order valence-electron chi connectivity index (χ1n) is 4.13. The molecule has 0 aliphatic carbocycles. The maximum atomic E-state index is 10.6. The van der Waals surface area contributed by atoms with E-state index in [0.29, 0.717) is 17.6 Å². The highest BCUT2D eigenvalue weighted by Crippen LogP contribution is 2.29. The van der Waals surface area contributed by atoms with E-state index in [1.54, 1.807) is 12.1 Å². The van der Waals surface area contributed by atoms with Crippen molar-refractivity contribution in [2.45, 2.75) is 5.92 Å². The van der Waals surface area contributed by atoms with Gasteiger partial charge in [-0.05, 0) is 11.2 Å². The van der Waals surface area contributed by atoms with Gasteiger partial charge < -0.3 is 9.53 Å². The lowest BCUT2D eigenvalue weighted by molar-refractivity contribution is -0.108. The maximum absolute atomic E-state index is 10.6. The Balaban J connectivity index is 3.24. The van der Waals surface area contributed by atoms with Crippen LogP contribution in [-0.2, 0) is 4.79 Å². The molecule has 0 amide bonds. The molecule has 0 bridgehead atoms. The highest BCUT2D eigenvalue weighted by atomic mass is 16.5. The van der Waals surface area contributed by atoms with E-state index in [0.717, 1.165) is 0 Å². The number of carbonyl (C=O) groups is 1. The predicted molar refractivity (Wildman–Crippen MR) is 52.9 cm³/mol. The van der Waals surface area contributed by atoms with Crippen molar-refractivity contribution < 1.29 is 9.53 Å². The predicted octanol–water partition coefficient (Wildman–Crippen LogP) is 1.90. The Morgan fingerprint density at radius 3 is 2.80 bits per heavy atom. The summed E-state index contributed by atoms with van der Waals surface area (Å²) in [5, 5.41) is 11.4. The molecule has 5 nitrogen and oxygen atoms in total. The van der Waals surface area contributed by atoms with Crippen molar-refractivity contribution in [3.8, 4) is 11.8 Å². The molecule has 0 heterocycles. The molecule has 1 aromatic carbocycles. The first-order valence-corrected chi connectivity index (χ1v) is 4.13. The van der Waals surface area contributed by atoms with E-state index in [2.05, 4.69) is 5.18 Å². The molecule has 0 spiro atoms. The minimum Gasteiger partial charge on any atom is -0.497 e. The topological polar surface area (TPSA) is 79.5 Å². The van der Waals surface area contributed by atoms with E-state index in [1.165, 1.54) is 19.2 Å². The summed E-state index contributed by atoms with van der Waals surface area (Å²) in [6.45, 7) is 0. The second-order valence-corrected chi connectivity index (χ2v) is 2.76. The second kappa shape index (κ2) is 4.86. The van der Waals surface area contributed by atoms with Crippen molar-refractivity contribution in [3.63, 3.8) is 0 Å². The van der Waals surface area contributed by atoms with Gasteiger partial charge in [0.15, 0.2) is 0 Å². The summed E-state index contributed by atoms with van der Waals surface area (Å²) in [4.78, 5) is 21.1. The van der Waals surface area contributed by atoms with Crippen molar-refractivity contribution >= 4 is 12.0 Å². The molecule has 5 heteroatoms. The van der Waals surface area contributed by atoms with Crippen LogP contribution in [0, 0.1) is 16.2 Å². The van der Waals surface area contributed by atoms with E-state index in [1.807, 2.05) is 0 Å². The summed E-state index contributed by atoms with van der Waals surface area (Å²) < 4.78 is 4.89. The number of methoxy groups -OCH3 is 1. The molecule has 1 aromatic rings. The van der Waals surface area contributed by atoms with Gasteiger partial charge in [-0.2, -0.15) is 5.26 Å². The van der Waals surface area contributed by atoms with E-state index in [9.17, 15) is 9.70 Å². The Bertz CT molecular complexity index is 423. The molecule has 0 saturated heterocycles. The molecule has 0 aliphatic heterocycles. The zero-order chi connectivity index (χ0) is 11.3. The van der Waals surface area contributed by atoms with Crippen LogP contribution in [0.2, 0.25) is 0 Å². The number of hydrogen-bond acceptors (Lipinski definition) is 5. The molecule has 0 saturated carbocycles. The molecule has 0 N–H and O–H groups in total. The summed E-state index contributed by atoms with van der Waals surface area (Å²) in [6, 6.07) is 6.21. The molecule has 0 aliphatic rings. The van der Waals surface area contributed by atoms with Crippen molar-refractivity contribution in [2.24, 2.45) is 5.18 Å². The number of ether oxygens (including phenoxy) is 1. The van der Waals surface area contributed by atoms with E-state index in [4.69, 9.17) is 10.00 Å². The molecule has 1 rings (SSSR count). The smallest absolute Gasteiger partial charge is 0.141 e. The Hall–Kier alpha value is -2.22. The average molecular weight is 204 g/mol. The molecule has 1 unspecified atom stereocenters. The summed E-state index contributed by atoms with van der Waals surface area (Å²) >= 11 is 0. The normalized spacial score (nSPS) is 11.2. The average Bonchev–Trinajstić information content (AvgIpc) is 2.31. The van der Waals surface area contributed by atoms with Crippen LogP contribution in [0.1, 0.15) is 11.5 Å². The molecule has 0 fully saturated rings. The van der Waals surface area contributed by atoms with Gasteiger partial charge in [-0.1, -0.05) is 6.07 Å². The molecule has 0 radical (unpaired) electrons. The number of hydrogen-bond donors (Lipinski definition) is 0. The largest absolute Gasteiger partial charge is 0.497 e. The van der Waals surface area contributed by atoms with Gasteiger partial charge in [-0.25, -0.2) is 0 Å². The molecule has 0 aromatic heterocycles. The first kappa shape index (κ1) is 10.9. The number of benzene rings is 1. The highest BCUT2D eigenvalue weighted by molar-refractivity contribution is 5.71. The van der Waals surface area contributed by atoms with Crippen LogP contribution in [0.25, 0.3) is 0 Å². The van der Waals surface area contributed by atoms with Crippen LogP contribution >= 0.6 is 0 Å². The fourth-order valence-electron chi connectivity index (χ4n) is 1.17. The van der Waals surface area contributed by atoms with Gasteiger partial charge in [0.2, 0.25) is 0 Å². The molecule has 15 heavy (non-hydrogen) atoms. The van der Waals surface area contributed by atoms with Crippen LogP contribution < -0.4 is 4.74 Å². The first-order chi connectivity index (χ1) is 7.26. The molecular formula is C10H8N2O3. The van der Waals surface area contributed by atoms with Gasteiger partial charge in [0, 0.05) is 11.6 Å². The van der Waals surface area contributed by atoms with Crippen molar-refractivity contribution in [1.82, 2.24) is 0 Å². The number of nitrogens with zero attached hydrogens (tertiary/aromatic N) is 2. The third-order valence-electron chi connectivity index (χ3n) is 1.95. The van der Waals surface area contributed by atoms with E-state index < -0.39 is 5.92 Å². The van der Waals surface area contributed by atoms with Crippen LogP contribution in [-0.4, -0.2) is 13.4 Å². The van der Waals surface area contributed by atoms with Gasteiger partial charge in [0.05, 0.1) is 13.2 Å². The minimum atomic E-state index is -0.969. The monoisotopic (exact) mass is 204 g/mol. The third-order valence-corrected chi connectivity index (χ3v) is 1.95. The number of carbonyl (C=O) groups excluding carboxylic acids is 1. The van der Waals surface area contributed by atoms with Crippen LogP contribution in [0.4, 0.5) is 5.69 Å². The summed E-state index contributed by atoms with van der Waals surface area (Å²) in [6.07, 6.45) is 0.469. The Morgan fingerprint density at radius 1 is 1.60 bits per heavy atom. The third kappa shape index (κ3) is 2.17. The Morgan fingerprint density at radius 2 is 2.33 bits per heavy atom. The lowest BCUT2D eigenvalue weighted by Gasteiger charge is -2.06. The molecular weight excluding hydrogens is 196 g/mol. The quantitative estimate of drug-likeness (QED) is 0.554. The number of aldehydes is 1. The zero-order valence-corrected chi connectivity index (χ0v) is 8.01. The van der Waals surface area contributed by atoms with Crippen molar-refractivity contribution in [2.75, 3.05) is 7.11 Å². The second-order valence-electron chi connectivity index (χ2n) is 2.76. The number of nitroso groups, excluding NO2 is 1. The van der Waals surface area contributed by atoms with Gasteiger partial charge in [0.25, 0.3) is 0 Å². The van der Waals surface area contributed by atoms with Crippen LogP contribution in [0.3, 0.4) is 0 Å². The van der Waals surface area contributed by atoms with Gasteiger partial charge in [0.1, 0.15) is 23.6 Å². The number of rotatable bonds is 4. The van der Waals surface area contributed by atoms with Crippen molar-refractivity contribution in [3.05, 3.63) is 28.7 Å². The minimum absolute atomic E-state index is 0.0491. The van der Waals surface area contributed by atoms with Gasteiger partial charge >= 0.3 is 0 Å².